The van der Waals surface area contributed by atoms with Crippen LogP contribution in [0.3, 0.4) is 0 Å². The lowest BCUT2D eigenvalue weighted by Gasteiger charge is -2.71. The second-order valence-electron chi connectivity index (χ2n) is 17.1. The Morgan fingerprint density at radius 1 is 0.870 bits per heavy atom. The Kier molecular flexibility index (Phi) is 10.3. The number of rotatable bonds is 9. The molecular weight excluding hydrogens is 592 g/mol. The van der Waals surface area contributed by atoms with Gasteiger partial charge in [0.25, 0.3) is 0 Å². The average Bonchev–Trinajstić information content (AvgIpc) is 3.38. The summed E-state index contributed by atoms with van der Waals surface area (Å²) in [7, 11) is 0. The van der Waals surface area contributed by atoms with Gasteiger partial charge in [-0.1, -0.05) is 39.3 Å². The molecule has 0 spiro atoms. The van der Waals surface area contributed by atoms with Crippen molar-refractivity contribution in [2.24, 2.45) is 45.3 Å². The number of hydrogen-bond acceptors (Lipinski definition) is 10. The number of ether oxygens (including phenoxy) is 2. The van der Waals surface area contributed by atoms with Gasteiger partial charge in [0.2, 0.25) is 0 Å². The van der Waals surface area contributed by atoms with E-state index in [4.69, 9.17) is 9.47 Å². The zero-order valence-electron chi connectivity index (χ0n) is 28.8. The third-order valence-corrected chi connectivity index (χ3v) is 14.8. The smallest absolute Gasteiger partial charge is 0.187 e. The van der Waals surface area contributed by atoms with Gasteiger partial charge in [0.15, 0.2) is 6.29 Å². The van der Waals surface area contributed by atoms with E-state index >= 15 is 0 Å². The Hall–Kier alpha value is -0.660. The summed E-state index contributed by atoms with van der Waals surface area (Å²) in [5, 5.41) is 86.1. The standard InChI is InChI=1S/C36H62O10/c1-20(17-37)8-7-13-35(6,46-31-30(44)29(43)28(42)23(18-38)45-31)22-11-15-34(5)21(22)9-10-24-33(4)14-12-26(40)32(2,3)25(33)16-27(41)36(24,34)19-39/h8,21-31,37-44H,7,9-19H2,1-6H3/b20-8-/t21-,22+,23+,24+,25+,26+,27+,28+,29-,30+,31-,33-,34-,35+,36+/m1/s1. The third kappa shape index (κ3) is 5.37. The van der Waals surface area contributed by atoms with E-state index in [2.05, 4.69) is 27.7 Å². The van der Waals surface area contributed by atoms with Crippen LogP contribution < -0.4 is 0 Å². The van der Waals surface area contributed by atoms with Gasteiger partial charge in [0.05, 0.1) is 37.6 Å². The van der Waals surface area contributed by atoms with E-state index in [-0.39, 0.29) is 47.7 Å². The molecule has 5 fully saturated rings. The summed E-state index contributed by atoms with van der Waals surface area (Å²) < 4.78 is 12.6. The molecule has 0 aromatic rings. The fourth-order valence-electron chi connectivity index (χ4n) is 12.0. The van der Waals surface area contributed by atoms with Crippen LogP contribution in [0.15, 0.2) is 11.6 Å². The highest BCUT2D eigenvalue weighted by molar-refractivity contribution is 5.22. The van der Waals surface area contributed by atoms with Crippen LogP contribution >= 0.6 is 0 Å². The van der Waals surface area contributed by atoms with E-state index < -0.39 is 66.0 Å². The van der Waals surface area contributed by atoms with Crippen LogP contribution in [0.1, 0.15) is 99.3 Å². The fourth-order valence-corrected chi connectivity index (χ4v) is 12.0. The van der Waals surface area contributed by atoms with E-state index in [0.717, 1.165) is 37.7 Å². The molecule has 1 aliphatic heterocycles. The maximum atomic E-state index is 12.2. The fraction of sp³-hybridized carbons (Fsp3) is 0.944. The first kappa shape index (κ1) is 36.6. The van der Waals surface area contributed by atoms with Crippen LogP contribution in [0.25, 0.3) is 0 Å². The Labute approximate surface area is 274 Å². The summed E-state index contributed by atoms with van der Waals surface area (Å²) in [6.45, 7) is 12.0. The highest BCUT2D eigenvalue weighted by atomic mass is 16.7. The van der Waals surface area contributed by atoms with E-state index in [1.165, 1.54) is 0 Å². The lowest BCUT2D eigenvalue weighted by Crippen LogP contribution is -2.71. The van der Waals surface area contributed by atoms with Crippen molar-refractivity contribution in [2.45, 2.75) is 148 Å². The van der Waals surface area contributed by atoms with E-state index in [0.29, 0.717) is 25.7 Å². The molecule has 0 radical (unpaired) electrons. The number of aliphatic hydroxyl groups excluding tert-OH is 8. The minimum atomic E-state index is -1.55. The summed E-state index contributed by atoms with van der Waals surface area (Å²) >= 11 is 0. The molecule has 5 aliphatic rings. The molecule has 0 unspecified atom stereocenters. The van der Waals surface area contributed by atoms with Crippen LogP contribution in [0.4, 0.5) is 0 Å². The summed E-state index contributed by atoms with van der Waals surface area (Å²) in [5.74, 6) is 0.241. The summed E-state index contributed by atoms with van der Waals surface area (Å²) in [4.78, 5) is 0. The summed E-state index contributed by atoms with van der Waals surface area (Å²) in [5.41, 5.74) is -1.68. The number of hydrogen-bond donors (Lipinski definition) is 8. The summed E-state index contributed by atoms with van der Waals surface area (Å²) in [6, 6.07) is 0. The van der Waals surface area contributed by atoms with Gasteiger partial charge in [-0.05, 0) is 112 Å². The first-order chi connectivity index (χ1) is 21.5. The number of fused-ring (bicyclic) bond motifs is 5. The normalized spacial score (nSPS) is 50.3. The molecule has 15 atom stereocenters. The quantitative estimate of drug-likeness (QED) is 0.172. The average molecular weight is 655 g/mol. The molecule has 4 saturated carbocycles. The lowest BCUT2D eigenvalue weighted by atomic mass is 9.34. The molecule has 0 amide bonds. The van der Waals surface area contributed by atoms with Gasteiger partial charge in [-0.2, -0.15) is 0 Å². The Morgan fingerprint density at radius 2 is 1.57 bits per heavy atom. The van der Waals surface area contributed by atoms with Crippen LogP contribution in [0, 0.1) is 45.3 Å². The first-order valence-corrected chi connectivity index (χ1v) is 17.7. The van der Waals surface area contributed by atoms with Gasteiger partial charge in [-0.25, -0.2) is 0 Å². The van der Waals surface area contributed by atoms with Gasteiger partial charge < -0.3 is 50.3 Å². The predicted molar refractivity (Wildman–Crippen MR) is 171 cm³/mol. The minimum absolute atomic E-state index is 0.0422. The van der Waals surface area contributed by atoms with Gasteiger partial charge in [0, 0.05) is 5.41 Å². The topological polar surface area (TPSA) is 180 Å². The molecule has 4 aliphatic carbocycles. The zero-order valence-corrected chi connectivity index (χ0v) is 28.8. The van der Waals surface area contributed by atoms with E-state index in [1.807, 2.05) is 19.9 Å². The molecule has 1 heterocycles. The SMILES string of the molecule is C/C(=C/CC[C@](C)(O[C@H]1O[C@@H](CO)[C@H](O)[C@@H](O)[C@@H]1O)[C@H]1CC[C@]2(C)[C@@H]1CC[C@H]1[C@@]3(C)CC[C@H](O)C(C)(C)[C@@H]3C[C@H](O)[C@]12CO)CO. The Morgan fingerprint density at radius 3 is 2.20 bits per heavy atom. The van der Waals surface area contributed by atoms with Gasteiger partial charge in [-0.3, -0.25) is 0 Å². The van der Waals surface area contributed by atoms with Crippen molar-refractivity contribution in [1.29, 1.82) is 0 Å². The van der Waals surface area contributed by atoms with Crippen molar-refractivity contribution in [2.75, 3.05) is 19.8 Å². The molecule has 10 nitrogen and oxygen atoms in total. The minimum Gasteiger partial charge on any atom is -0.396 e. The molecule has 0 aromatic heterocycles. The molecular formula is C36H62O10. The highest BCUT2D eigenvalue weighted by Gasteiger charge is 2.74. The third-order valence-electron chi connectivity index (χ3n) is 14.8. The van der Waals surface area contributed by atoms with Crippen molar-refractivity contribution in [1.82, 2.24) is 0 Å². The molecule has 5 rings (SSSR count). The van der Waals surface area contributed by atoms with Crippen LogP contribution in [-0.4, -0.2) is 109 Å². The van der Waals surface area contributed by atoms with Crippen LogP contribution in [-0.2, 0) is 9.47 Å². The molecule has 1 saturated heterocycles. The van der Waals surface area contributed by atoms with Crippen LogP contribution in [0.2, 0.25) is 0 Å². The molecule has 0 bridgehead atoms. The zero-order chi connectivity index (χ0) is 34.0. The maximum absolute atomic E-state index is 12.2. The second kappa shape index (κ2) is 12.9. The second-order valence-corrected chi connectivity index (χ2v) is 17.1. The molecule has 266 valence electrons. The largest absolute Gasteiger partial charge is 0.396 e. The number of aliphatic hydroxyl groups is 8. The molecule has 8 N–H and O–H groups in total. The molecule has 46 heavy (non-hydrogen) atoms. The summed E-state index contributed by atoms with van der Waals surface area (Å²) in [6.07, 6.45) is 0.374. The van der Waals surface area contributed by atoms with Gasteiger partial charge >= 0.3 is 0 Å². The van der Waals surface area contributed by atoms with Crippen LogP contribution in [0.5, 0.6) is 0 Å². The van der Waals surface area contributed by atoms with Crippen molar-refractivity contribution in [3.05, 3.63) is 11.6 Å². The highest BCUT2D eigenvalue weighted by Crippen LogP contribution is 2.76. The van der Waals surface area contributed by atoms with Crippen molar-refractivity contribution >= 4 is 0 Å². The van der Waals surface area contributed by atoms with Gasteiger partial charge in [0.1, 0.15) is 24.4 Å². The van der Waals surface area contributed by atoms with E-state index in [9.17, 15) is 40.9 Å². The van der Waals surface area contributed by atoms with Crippen molar-refractivity contribution in [3.8, 4) is 0 Å². The molecule has 0 aromatic carbocycles. The Balaban J connectivity index is 1.51. The van der Waals surface area contributed by atoms with Gasteiger partial charge in [-0.15, -0.1) is 0 Å². The maximum Gasteiger partial charge on any atom is 0.187 e. The monoisotopic (exact) mass is 654 g/mol. The lowest BCUT2D eigenvalue weighted by molar-refractivity contribution is -0.335. The Bertz CT molecular complexity index is 1110. The van der Waals surface area contributed by atoms with Crippen molar-refractivity contribution in [3.63, 3.8) is 0 Å². The first-order valence-electron chi connectivity index (χ1n) is 17.7. The number of allylic oxidation sites excluding steroid dienone is 1. The predicted octanol–water partition coefficient (Wildman–Crippen LogP) is 2.27. The van der Waals surface area contributed by atoms with E-state index in [1.54, 1.807) is 0 Å². The molecule has 10 heteroatoms. The van der Waals surface area contributed by atoms with Crippen molar-refractivity contribution < 1.29 is 50.3 Å².